The zero-order chi connectivity index (χ0) is 36.9. The van der Waals surface area contributed by atoms with Crippen LogP contribution in [0.1, 0.15) is 117 Å². The summed E-state index contributed by atoms with van der Waals surface area (Å²) >= 11 is 0. The molecule has 1 saturated carbocycles. The van der Waals surface area contributed by atoms with Crippen LogP contribution in [-0.2, 0) is 22.5 Å². The van der Waals surface area contributed by atoms with Crippen LogP contribution in [0.2, 0.25) is 0 Å². The number of hydrogen-bond donors (Lipinski definition) is 1. The van der Waals surface area contributed by atoms with Gasteiger partial charge in [-0.25, -0.2) is 4.98 Å². The fourth-order valence-electron chi connectivity index (χ4n) is 8.81. The van der Waals surface area contributed by atoms with Crippen LogP contribution in [0, 0.1) is 17.8 Å². The number of aromatic nitrogens is 5. The largest absolute Gasteiger partial charge is 0.381 e. The standard InChI is InChI=1S/C43H52N8O3/c1-30(52)50-24-19-40-38(29-50)42(48-51(40)35-20-25-54-26-21-35)36-14-8-10-32-27-34(44-28-37(32)36)13-7-2-4-9-31-17-22-49(23-18-31)41-16-15-39(46-47-41)43(53)45-33-11-5-3-6-12-33/h8,10,14-16,27-28,31,33,35H,2-6,9,11-12,17-26,29H2,1H3,(H,45,53). The normalized spacial score (nSPS) is 18.6. The molecule has 11 heteroatoms. The molecular weight excluding hydrogens is 677 g/mol. The van der Waals surface area contributed by atoms with E-state index in [1.807, 2.05) is 23.2 Å². The van der Waals surface area contributed by atoms with Gasteiger partial charge in [0, 0.05) is 93.6 Å². The Hall–Kier alpha value is -4.82. The number of anilines is 1. The number of unbranched alkanes of at least 4 members (excludes halogenated alkanes) is 1. The van der Waals surface area contributed by atoms with Gasteiger partial charge in [0.1, 0.15) is 5.69 Å². The molecule has 3 aromatic heterocycles. The third-order valence-corrected chi connectivity index (χ3v) is 12.0. The molecule has 54 heavy (non-hydrogen) atoms. The molecule has 2 saturated heterocycles. The second-order valence-electron chi connectivity index (χ2n) is 15.6. The number of fused-ring (bicyclic) bond motifs is 2. The van der Waals surface area contributed by atoms with Crippen molar-refractivity contribution in [2.24, 2.45) is 5.92 Å². The van der Waals surface area contributed by atoms with Crippen LogP contribution in [0.3, 0.4) is 0 Å². The van der Waals surface area contributed by atoms with Crippen molar-refractivity contribution in [3.05, 3.63) is 65.2 Å². The third-order valence-electron chi connectivity index (χ3n) is 12.0. The number of rotatable bonds is 8. The van der Waals surface area contributed by atoms with Crippen molar-refractivity contribution < 1.29 is 14.3 Å². The Labute approximate surface area is 318 Å². The van der Waals surface area contributed by atoms with Gasteiger partial charge in [-0.05, 0) is 86.8 Å². The van der Waals surface area contributed by atoms with Crippen molar-refractivity contribution >= 4 is 28.4 Å². The number of nitrogens with one attached hydrogen (secondary N) is 1. The Kier molecular flexibility index (Phi) is 11.2. The lowest BCUT2D eigenvalue weighted by Crippen LogP contribution is -2.37. The third kappa shape index (κ3) is 8.14. The summed E-state index contributed by atoms with van der Waals surface area (Å²) in [5.41, 5.74) is 5.61. The summed E-state index contributed by atoms with van der Waals surface area (Å²) in [5, 5.41) is 19.2. The highest BCUT2D eigenvalue weighted by Crippen LogP contribution is 2.37. The van der Waals surface area contributed by atoms with Crippen molar-refractivity contribution in [3.8, 4) is 23.1 Å². The summed E-state index contributed by atoms with van der Waals surface area (Å²) in [7, 11) is 0. The molecule has 1 aliphatic carbocycles. The van der Waals surface area contributed by atoms with E-state index >= 15 is 0 Å². The first kappa shape index (κ1) is 36.2. The zero-order valence-corrected chi connectivity index (χ0v) is 31.6. The molecule has 0 atom stereocenters. The molecule has 0 bridgehead atoms. The van der Waals surface area contributed by atoms with E-state index in [1.54, 1.807) is 6.92 Å². The van der Waals surface area contributed by atoms with Gasteiger partial charge in [-0.3, -0.25) is 14.3 Å². The number of pyridine rings is 1. The van der Waals surface area contributed by atoms with E-state index in [-0.39, 0.29) is 17.9 Å². The van der Waals surface area contributed by atoms with Gasteiger partial charge in [-0.1, -0.05) is 43.4 Å². The van der Waals surface area contributed by atoms with Crippen molar-refractivity contribution in [3.63, 3.8) is 0 Å². The average molecular weight is 729 g/mol. The highest BCUT2D eigenvalue weighted by molar-refractivity contribution is 5.96. The summed E-state index contributed by atoms with van der Waals surface area (Å²) in [6, 6.07) is 12.8. The maximum atomic E-state index is 12.6. The summed E-state index contributed by atoms with van der Waals surface area (Å²) in [5.74, 6) is 8.23. The first-order valence-electron chi connectivity index (χ1n) is 20.2. The van der Waals surface area contributed by atoms with Gasteiger partial charge >= 0.3 is 0 Å². The Balaban J connectivity index is 0.854. The van der Waals surface area contributed by atoms with E-state index in [4.69, 9.17) is 14.8 Å². The van der Waals surface area contributed by atoms with Crippen molar-refractivity contribution in [2.75, 3.05) is 37.7 Å². The molecule has 282 valence electrons. The van der Waals surface area contributed by atoms with E-state index in [1.165, 1.54) is 25.0 Å². The molecule has 3 fully saturated rings. The lowest BCUT2D eigenvalue weighted by Gasteiger charge is -2.32. The van der Waals surface area contributed by atoms with E-state index < -0.39 is 0 Å². The topological polar surface area (TPSA) is 118 Å². The minimum atomic E-state index is -0.111. The average Bonchev–Trinajstić information content (AvgIpc) is 3.60. The van der Waals surface area contributed by atoms with Gasteiger partial charge in [0.15, 0.2) is 11.5 Å². The molecule has 0 spiro atoms. The second-order valence-corrected chi connectivity index (χ2v) is 15.6. The molecule has 1 N–H and O–H groups in total. The van der Waals surface area contributed by atoms with Gasteiger partial charge in [0.25, 0.3) is 5.91 Å². The van der Waals surface area contributed by atoms with E-state index in [2.05, 4.69) is 61.2 Å². The molecule has 4 aromatic rings. The summed E-state index contributed by atoms with van der Waals surface area (Å²) in [6.45, 7) is 6.38. The number of amides is 2. The van der Waals surface area contributed by atoms with Crippen LogP contribution in [0.4, 0.5) is 5.82 Å². The number of ether oxygens (including phenoxy) is 1. The van der Waals surface area contributed by atoms with Crippen molar-refractivity contribution in [2.45, 2.75) is 109 Å². The van der Waals surface area contributed by atoms with Crippen molar-refractivity contribution in [1.29, 1.82) is 0 Å². The maximum Gasteiger partial charge on any atom is 0.272 e. The Bertz CT molecular complexity index is 2010. The van der Waals surface area contributed by atoms with E-state index in [9.17, 15) is 9.59 Å². The van der Waals surface area contributed by atoms with Crippen LogP contribution < -0.4 is 10.2 Å². The van der Waals surface area contributed by atoms with Crippen molar-refractivity contribution in [1.82, 2.24) is 35.2 Å². The molecule has 11 nitrogen and oxygen atoms in total. The van der Waals surface area contributed by atoms with Gasteiger partial charge in [0.2, 0.25) is 5.91 Å². The molecule has 8 rings (SSSR count). The van der Waals surface area contributed by atoms with Crippen LogP contribution >= 0.6 is 0 Å². The smallest absolute Gasteiger partial charge is 0.272 e. The monoisotopic (exact) mass is 728 g/mol. The number of carbonyl (C=O) groups excluding carboxylic acids is 2. The van der Waals surface area contributed by atoms with Crippen LogP contribution in [0.5, 0.6) is 0 Å². The van der Waals surface area contributed by atoms with Crippen LogP contribution in [0.15, 0.2) is 42.6 Å². The molecule has 1 aromatic carbocycles. The minimum absolute atomic E-state index is 0.101. The fraction of sp³-hybridized carbons (Fsp3) is 0.535. The molecule has 2 amide bonds. The number of nitrogens with zero attached hydrogens (tertiary/aromatic N) is 7. The summed E-state index contributed by atoms with van der Waals surface area (Å²) < 4.78 is 7.90. The highest BCUT2D eigenvalue weighted by Gasteiger charge is 2.31. The number of carbonyl (C=O) groups is 2. The van der Waals surface area contributed by atoms with Crippen LogP contribution in [0.25, 0.3) is 22.0 Å². The first-order chi connectivity index (χ1) is 26.5. The molecule has 3 aliphatic heterocycles. The first-order valence-corrected chi connectivity index (χ1v) is 20.2. The van der Waals surface area contributed by atoms with E-state index in [0.29, 0.717) is 24.2 Å². The van der Waals surface area contributed by atoms with Gasteiger partial charge in [0.05, 0.1) is 11.7 Å². The minimum Gasteiger partial charge on any atom is -0.381 e. The second kappa shape index (κ2) is 16.7. The van der Waals surface area contributed by atoms with Gasteiger partial charge < -0.3 is 19.9 Å². The molecule has 0 unspecified atom stereocenters. The molecular formula is C43H52N8O3. The SMILES string of the molecule is CC(=O)N1CCc2c(c(-c3cccc4cc(C#CCCCC5CCN(c6ccc(C(=O)NC7CCCCC7)nn6)CC5)ncc34)nn2C2CCOCC2)C1. The lowest BCUT2D eigenvalue weighted by molar-refractivity contribution is -0.129. The Morgan fingerprint density at radius 1 is 0.963 bits per heavy atom. The molecule has 6 heterocycles. The molecule has 0 radical (unpaired) electrons. The zero-order valence-electron chi connectivity index (χ0n) is 31.6. The van der Waals surface area contributed by atoms with Crippen LogP contribution in [-0.4, -0.2) is 80.6 Å². The van der Waals surface area contributed by atoms with E-state index in [0.717, 1.165) is 136 Å². The number of hydrogen-bond acceptors (Lipinski definition) is 8. The Morgan fingerprint density at radius 3 is 2.57 bits per heavy atom. The Morgan fingerprint density at radius 2 is 1.80 bits per heavy atom. The summed E-state index contributed by atoms with van der Waals surface area (Å²) in [6.07, 6.45) is 15.7. The quantitative estimate of drug-likeness (QED) is 0.159. The predicted molar refractivity (Wildman–Crippen MR) is 209 cm³/mol. The molecule has 4 aliphatic rings. The fourth-order valence-corrected chi connectivity index (χ4v) is 8.81. The highest BCUT2D eigenvalue weighted by atomic mass is 16.5. The summed E-state index contributed by atoms with van der Waals surface area (Å²) in [4.78, 5) is 34.0. The maximum absolute atomic E-state index is 12.6. The lowest BCUT2D eigenvalue weighted by atomic mass is 9.91. The predicted octanol–water partition coefficient (Wildman–Crippen LogP) is 6.65. The number of piperidine rings is 1. The van der Waals surface area contributed by atoms with Gasteiger partial charge in [-0.2, -0.15) is 5.10 Å². The number of benzene rings is 1. The van der Waals surface area contributed by atoms with Gasteiger partial charge in [-0.15, -0.1) is 10.2 Å².